The summed E-state index contributed by atoms with van der Waals surface area (Å²) in [4.78, 5) is 4.44. The van der Waals surface area contributed by atoms with Gasteiger partial charge in [0.05, 0.1) is 5.56 Å². The highest BCUT2D eigenvalue weighted by atomic mass is 16.3. The lowest BCUT2D eigenvalue weighted by Gasteiger charge is -2.08. The molecule has 0 saturated heterocycles. The van der Waals surface area contributed by atoms with Crippen LogP contribution in [0.4, 0.5) is 0 Å². The third-order valence-electron chi connectivity index (χ3n) is 4.43. The number of aryl methyl sites for hydroxylation is 2. The van der Waals surface area contributed by atoms with E-state index in [4.69, 9.17) is 9.90 Å². The van der Waals surface area contributed by atoms with Crippen molar-refractivity contribution in [3.05, 3.63) is 59.9 Å². The van der Waals surface area contributed by atoms with E-state index in [1.165, 1.54) is 6.92 Å². The second-order valence-corrected chi connectivity index (χ2v) is 6.13. The third kappa shape index (κ3) is 2.20. The fourth-order valence-corrected chi connectivity index (χ4v) is 3.17. The highest BCUT2D eigenvalue weighted by molar-refractivity contribution is 6.07. The van der Waals surface area contributed by atoms with Crippen molar-refractivity contribution in [3.8, 4) is 11.3 Å². The normalized spacial score (nSPS) is 17.1. The number of pyridine rings is 2. The Morgan fingerprint density at radius 1 is 1.25 bits per heavy atom. The molecule has 0 radical (unpaired) electrons. The van der Waals surface area contributed by atoms with Crippen molar-refractivity contribution in [1.29, 1.82) is 0 Å². The van der Waals surface area contributed by atoms with Gasteiger partial charge in [0.25, 0.3) is 0 Å². The minimum Gasteiger partial charge on any atom is -0.453 e. The van der Waals surface area contributed by atoms with Crippen LogP contribution >= 0.6 is 0 Å². The van der Waals surface area contributed by atoms with E-state index < -0.39 is 12.7 Å². The average molecular weight is 321 g/mol. The van der Waals surface area contributed by atoms with Crippen molar-refractivity contribution < 1.29 is 14.5 Å². The quantitative estimate of drug-likeness (QED) is 0.491. The molecule has 3 aromatic heterocycles. The topological polar surface area (TPSA) is 29.9 Å². The molecule has 0 aliphatic heterocycles. The summed E-state index contributed by atoms with van der Waals surface area (Å²) in [6.07, 6.45) is 3.46. The molecule has 3 nitrogen and oxygen atoms in total. The molecule has 120 valence electrons. The molecule has 1 atom stereocenters. The van der Waals surface area contributed by atoms with Crippen LogP contribution in [0, 0.1) is 6.92 Å². The summed E-state index contributed by atoms with van der Waals surface area (Å²) in [5.74, 6) is -1.69. The minimum absolute atomic E-state index is 0.440. The van der Waals surface area contributed by atoms with Crippen LogP contribution < -0.4 is 4.57 Å². The third-order valence-corrected chi connectivity index (χ3v) is 4.43. The summed E-state index contributed by atoms with van der Waals surface area (Å²) in [6.45, 7) is 1.02. The van der Waals surface area contributed by atoms with Gasteiger partial charge in [0.15, 0.2) is 17.4 Å². The molecule has 4 rings (SSSR count). The Hall–Kier alpha value is -2.68. The van der Waals surface area contributed by atoms with Crippen molar-refractivity contribution in [3.63, 3.8) is 0 Å². The number of hydrogen-bond donors (Lipinski definition) is 0. The van der Waals surface area contributed by atoms with Gasteiger partial charge < -0.3 is 4.42 Å². The van der Waals surface area contributed by atoms with E-state index in [1.807, 2.05) is 48.9 Å². The Morgan fingerprint density at radius 3 is 2.92 bits per heavy atom. The summed E-state index contributed by atoms with van der Waals surface area (Å²) in [6, 6.07) is 11.4. The van der Waals surface area contributed by atoms with E-state index in [-0.39, 0.29) is 0 Å². The molecule has 4 aromatic rings. The molecule has 3 heterocycles. The second kappa shape index (κ2) is 5.45. The number of fused-ring (bicyclic) bond motifs is 3. The maximum atomic E-state index is 8.33. The fraction of sp³-hybridized carbons (Fsp3) is 0.238. The molecule has 0 N–H and O–H groups in total. The van der Waals surface area contributed by atoms with Crippen LogP contribution in [0.5, 0.6) is 0 Å². The van der Waals surface area contributed by atoms with Crippen molar-refractivity contribution in [2.75, 3.05) is 0 Å². The predicted molar refractivity (Wildman–Crippen MR) is 97.0 cm³/mol. The van der Waals surface area contributed by atoms with Gasteiger partial charge in [-0.25, -0.2) is 4.57 Å². The van der Waals surface area contributed by atoms with Gasteiger partial charge in [-0.3, -0.25) is 4.98 Å². The van der Waals surface area contributed by atoms with Gasteiger partial charge in [-0.2, -0.15) is 0 Å². The van der Waals surface area contributed by atoms with Crippen molar-refractivity contribution in [2.45, 2.75) is 26.6 Å². The zero-order chi connectivity index (χ0) is 20.3. The molecule has 0 saturated carbocycles. The molecule has 0 aliphatic carbocycles. The highest BCUT2D eigenvalue weighted by Crippen LogP contribution is 2.35. The fourth-order valence-electron chi connectivity index (χ4n) is 3.17. The molecule has 1 aromatic carbocycles. The monoisotopic (exact) mass is 321 g/mol. The van der Waals surface area contributed by atoms with Gasteiger partial charge in [0.1, 0.15) is 12.6 Å². The van der Waals surface area contributed by atoms with Crippen LogP contribution in [0.1, 0.15) is 36.3 Å². The predicted octanol–water partition coefficient (Wildman–Crippen LogP) is 4.90. The Bertz CT molecular complexity index is 1210. The lowest BCUT2D eigenvalue weighted by atomic mass is 9.99. The van der Waals surface area contributed by atoms with E-state index in [9.17, 15) is 0 Å². The van der Waals surface area contributed by atoms with Crippen molar-refractivity contribution in [2.24, 2.45) is 7.05 Å². The standard InChI is InChI=1S/C21H21N2O/c1-13(2)15-8-10-17(23(4)12-15)19-14(3)7-9-16-20-18(24-21(16)19)6-5-11-22-20/h5-13H,1-4H3/q+1/i1D3,13D. The van der Waals surface area contributed by atoms with Crippen LogP contribution in [-0.2, 0) is 7.05 Å². The first-order valence-electron chi connectivity index (χ1n) is 9.88. The van der Waals surface area contributed by atoms with Gasteiger partial charge in [-0.05, 0) is 42.6 Å². The van der Waals surface area contributed by atoms with E-state index in [2.05, 4.69) is 4.98 Å². The highest BCUT2D eigenvalue weighted by Gasteiger charge is 2.21. The molecule has 0 spiro atoms. The Balaban J connectivity index is 1.95. The number of hydrogen-bond acceptors (Lipinski definition) is 2. The first kappa shape index (κ1) is 11.0. The number of aromatic nitrogens is 2. The van der Waals surface area contributed by atoms with Gasteiger partial charge >= 0.3 is 0 Å². The molecule has 0 aliphatic rings. The molecular weight excluding hydrogens is 296 g/mol. The zero-order valence-electron chi connectivity index (χ0n) is 17.9. The zero-order valence-corrected chi connectivity index (χ0v) is 13.9. The molecule has 1 unspecified atom stereocenters. The van der Waals surface area contributed by atoms with Crippen molar-refractivity contribution >= 4 is 22.1 Å². The number of benzene rings is 1. The Kier molecular flexibility index (Phi) is 2.49. The first-order chi connectivity index (χ1) is 13.1. The molecule has 3 heteroatoms. The maximum absolute atomic E-state index is 8.33. The second-order valence-electron chi connectivity index (χ2n) is 6.13. The van der Waals surface area contributed by atoms with Gasteiger partial charge in [-0.15, -0.1) is 0 Å². The summed E-state index contributed by atoms with van der Waals surface area (Å²) >= 11 is 0. The Morgan fingerprint density at radius 2 is 2.12 bits per heavy atom. The van der Waals surface area contributed by atoms with Crippen LogP contribution in [0.25, 0.3) is 33.3 Å². The lowest BCUT2D eigenvalue weighted by Crippen LogP contribution is -2.31. The van der Waals surface area contributed by atoms with Crippen molar-refractivity contribution in [1.82, 2.24) is 4.98 Å². The Labute approximate surface area is 147 Å². The summed E-state index contributed by atoms with van der Waals surface area (Å²) < 4.78 is 39.4. The van der Waals surface area contributed by atoms with Crippen LogP contribution in [0.3, 0.4) is 0 Å². The summed E-state index contributed by atoms with van der Waals surface area (Å²) in [5.41, 5.74) is 5.59. The van der Waals surface area contributed by atoms with Gasteiger partial charge in [0.2, 0.25) is 5.69 Å². The number of furan rings is 1. The van der Waals surface area contributed by atoms with E-state index >= 15 is 0 Å². The molecule has 0 bridgehead atoms. The van der Waals surface area contributed by atoms with Crippen LogP contribution in [-0.4, -0.2) is 4.98 Å². The summed E-state index contributed by atoms with van der Waals surface area (Å²) in [5, 5.41) is 0.938. The largest absolute Gasteiger partial charge is 0.453 e. The van der Waals surface area contributed by atoms with Gasteiger partial charge in [0, 0.05) is 28.7 Å². The van der Waals surface area contributed by atoms with Gasteiger partial charge in [-0.1, -0.05) is 19.8 Å². The molecule has 24 heavy (non-hydrogen) atoms. The van der Waals surface area contributed by atoms with E-state index in [1.54, 1.807) is 18.5 Å². The smallest absolute Gasteiger partial charge is 0.216 e. The SMILES string of the molecule is [2H]C([2H])([2H])C([2H])(C)c1ccc(-c2c(C)ccc3c2oc2cccnc23)[n+](C)c1. The molecule has 0 fully saturated rings. The first-order valence-corrected chi connectivity index (χ1v) is 7.88. The maximum Gasteiger partial charge on any atom is 0.216 e. The number of nitrogens with zero attached hydrogens (tertiary/aromatic N) is 2. The van der Waals surface area contributed by atoms with Crippen LogP contribution in [0.15, 0.2) is 53.2 Å². The molecular formula is C21H21N2O+. The van der Waals surface area contributed by atoms with Crippen LogP contribution in [0.2, 0.25) is 0 Å². The number of rotatable bonds is 2. The summed E-state index contributed by atoms with van der Waals surface area (Å²) in [7, 11) is 1.85. The molecule has 0 amide bonds. The van der Waals surface area contributed by atoms with E-state index in [0.29, 0.717) is 5.56 Å². The average Bonchev–Trinajstić information content (AvgIpc) is 2.99. The van der Waals surface area contributed by atoms with E-state index in [0.717, 1.165) is 38.9 Å². The lowest BCUT2D eigenvalue weighted by molar-refractivity contribution is -0.660. The minimum atomic E-state index is -2.41.